The van der Waals surface area contributed by atoms with Gasteiger partial charge in [-0.1, -0.05) is 12.1 Å². The van der Waals surface area contributed by atoms with Gasteiger partial charge in [-0.25, -0.2) is 0 Å². The lowest BCUT2D eigenvalue weighted by Gasteiger charge is -2.23. The Labute approximate surface area is 153 Å². The van der Waals surface area contributed by atoms with E-state index < -0.39 is 0 Å². The number of nitrogens with zero attached hydrogens (tertiary/aromatic N) is 3. The topological polar surface area (TPSA) is 70.4 Å². The van der Waals surface area contributed by atoms with Crippen LogP contribution in [0.5, 0.6) is 5.75 Å². The van der Waals surface area contributed by atoms with Crippen LogP contribution in [-0.4, -0.2) is 50.9 Å². The number of hydrogen-bond acceptors (Lipinski definition) is 4. The van der Waals surface area contributed by atoms with Crippen LogP contribution in [0.25, 0.3) is 10.9 Å². The standard InChI is InChI=1S/C18H24N4O2.ClH/c1-21-12-7-6-11(10-13(21)9-8-12)19-18(24)16-14-4-3-5-15(23)17(14)22(2)20-16;/h3-5,11-13,23H,6-10H2,1-2H3,(H,19,24);1H. The molecule has 3 unspecified atom stereocenters. The summed E-state index contributed by atoms with van der Waals surface area (Å²) in [5.41, 5.74) is 0.994. The Kier molecular flexibility index (Phi) is 4.93. The van der Waals surface area contributed by atoms with Gasteiger partial charge in [-0.15, -0.1) is 12.4 Å². The number of benzene rings is 1. The molecule has 7 heteroatoms. The van der Waals surface area contributed by atoms with Crippen molar-refractivity contribution in [2.45, 2.75) is 50.2 Å². The number of para-hydroxylation sites is 1. The molecule has 1 aromatic heterocycles. The van der Waals surface area contributed by atoms with Crippen LogP contribution < -0.4 is 5.32 Å². The Morgan fingerprint density at radius 2 is 1.92 bits per heavy atom. The van der Waals surface area contributed by atoms with E-state index in [0.29, 0.717) is 28.7 Å². The van der Waals surface area contributed by atoms with Crippen molar-refractivity contribution in [2.75, 3.05) is 7.05 Å². The normalized spacial score (nSPS) is 26.2. The molecule has 3 atom stereocenters. The van der Waals surface area contributed by atoms with Crippen LogP contribution in [-0.2, 0) is 7.05 Å². The first-order chi connectivity index (χ1) is 11.5. The lowest BCUT2D eigenvalue weighted by atomic mass is 9.96. The van der Waals surface area contributed by atoms with Crippen molar-refractivity contribution in [3.8, 4) is 5.75 Å². The Balaban J connectivity index is 0.00000182. The highest BCUT2D eigenvalue weighted by molar-refractivity contribution is 6.06. The maximum absolute atomic E-state index is 12.8. The van der Waals surface area contributed by atoms with Crippen LogP contribution >= 0.6 is 12.4 Å². The number of aromatic nitrogens is 2. The fourth-order valence-corrected chi connectivity index (χ4v) is 4.43. The number of phenolic OH excluding ortho intramolecular Hbond substituents is 1. The molecule has 3 heterocycles. The summed E-state index contributed by atoms with van der Waals surface area (Å²) >= 11 is 0. The highest BCUT2D eigenvalue weighted by Crippen LogP contribution is 2.33. The predicted molar refractivity (Wildman–Crippen MR) is 99.3 cm³/mol. The van der Waals surface area contributed by atoms with E-state index in [4.69, 9.17) is 0 Å². The first-order valence-electron chi connectivity index (χ1n) is 8.72. The molecule has 1 amide bonds. The number of rotatable bonds is 2. The molecule has 2 saturated heterocycles. The number of phenols is 1. The summed E-state index contributed by atoms with van der Waals surface area (Å²) < 4.78 is 1.57. The molecule has 4 rings (SSSR count). The molecule has 6 nitrogen and oxygen atoms in total. The van der Waals surface area contributed by atoms with Crippen molar-refractivity contribution in [3.05, 3.63) is 23.9 Å². The molecule has 0 saturated carbocycles. The fraction of sp³-hybridized carbons (Fsp3) is 0.556. The molecular formula is C18H25ClN4O2. The molecule has 1 aromatic carbocycles. The molecule has 2 aromatic rings. The quantitative estimate of drug-likeness (QED) is 0.858. The van der Waals surface area contributed by atoms with Gasteiger partial charge >= 0.3 is 0 Å². The van der Waals surface area contributed by atoms with Crippen molar-refractivity contribution in [1.29, 1.82) is 0 Å². The van der Waals surface area contributed by atoms with E-state index in [-0.39, 0.29) is 30.1 Å². The Morgan fingerprint density at radius 3 is 2.72 bits per heavy atom. The molecule has 2 aliphatic rings. The first-order valence-corrected chi connectivity index (χ1v) is 8.72. The number of amides is 1. The minimum absolute atomic E-state index is 0. The summed E-state index contributed by atoms with van der Waals surface area (Å²) in [5.74, 6) is 0.00609. The molecule has 0 spiro atoms. The van der Waals surface area contributed by atoms with E-state index in [1.165, 1.54) is 12.8 Å². The van der Waals surface area contributed by atoms with Crippen molar-refractivity contribution in [1.82, 2.24) is 20.0 Å². The summed E-state index contributed by atoms with van der Waals surface area (Å²) in [6.07, 6.45) is 5.68. The molecule has 2 bridgehead atoms. The second-order valence-electron chi connectivity index (χ2n) is 7.18. The number of fused-ring (bicyclic) bond motifs is 3. The smallest absolute Gasteiger partial charge is 0.272 e. The summed E-state index contributed by atoms with van der Waals surface area (Å²) in [4.78, 5) is 15.3. The van der Waals surface area contributed by atoms with Crippen LogP contribution in [0.3, 0.4) is 0 Å². The van der Waals surface area contributed by atoms with Crippen LogP contribution in [0.2, 0.25) is 0 Å². The van der Waals surface area contributed by atoms with E-state index in [9.17, 15) is 9.90 Å². The number of carbonyl (C=O) groups excluding carboxylic acids is 1. The predicted octanol–water partition coefficient (Wildman–Crippen LogP) is 2.45. The van der Waals surface area contributed by atoms with Gasteiger partial charge in [0.05, 0.1) is 0 Å². The molecule has 25 heavy (non-hydrogen) atoms. The van der Waals surface area contributed by atoms with Crippen molar-refractivity contribution >= 4 is 29.2 Å². The number of halogens is 1. The molecule has 2 N–H and O–H groups in total. The number of hydrogen-bond donors (Lipinski definition) is 2. The molecule has 0 radical (unpaired) electrons. The van der Waals surface area contributed by atoms with Crippen LogP contribution in [0, 0.1) is 0 Å². The van der Waals surface area contributed by atoms with Gasteiger partial charge in [0, 0.05) is 30.6 Å². The Morgan fingerprint density at radius 1 is 1.20 bits per heavy atom. The summed E-state index contributed by atoms with van der Waals surface area (Å²) in [6, 6.07) is 6.64. The first kappa shape index (κ1) is 18.0. The third-order valence-electron chi connectivity index (χ3n) is 5.78. The second kappa shape index (κ2) is 6.84. The highest BCUT2D eigenvalue weighted by Gasteiger charge is 2.36. The maximum Gasteiger partial charge on any atom is 0.272 e. The average molecular weight is 365 g/mol. The van der Waals surface area contributed by atoms with Crippen molar-refractivity contribution < 1.29 is 9.90 Å². The molecule has 2 fully saturated rings. The van der Waals surface area contributed by atoms with Crippen molar-refractivity contribution in [2.24, 2.45) is 7.05 Å². The number of aromatic hydroxyl groups is 1. The van der Waals surface area contributed by atoms with Crippen LogP contribution in [0.4, 0.5) is 0 Å². The summed E-state index contributed by atoms with van der Waals surface area (Å²) in [5, 5.41) is 18.2. The van der Waals surface area contributed by atoms with Gasteiger partial charge in [0.15, 0.2) is 5.69 Å². The zero-order chi connectivity index (χ0) is 16.8. The number of nitrogens with one attached hydrogen (secondary N) is 1. The van der Waals surface area contributed by atoms with E-state index in [0.717, 1.165) is 19.3 Å². The number of carbonyl (C=O) groups is 1. The molecule has 2 aliphatic heterocycles. The monoisotopic (exact) mass is 364 g/mol. The number of aryl methyl sites for hydroxylation is 1. The van der Waals surface area contributed by atoms with E-state index in [1.54, 1.807) is 23.9 Å². The molecule has 0 aliphatic carbocycles. The molecule has 136 valence electrons. The Hall–Kier alpha value is -1.79. The van der Waals surface area contributed by atoms with Crippen molar-refractivity contribution in [3.63, 3.8) is 0 Å². The van der Waals surface area contributed by atoms with Crippen LogP contribution in [0.15, 0.2) is 18.2 Å². The SMILES string of the molecule is CN1C2CCC(NC(=O)c3nn(C)c4c(O)cccc34)CC1CC2.Cl. The lowest BCUT2D eigenvalue weighted by molar-refractivity contribution is 0.0926. The largest absolute Gasteiger partial charge is 0.506 e. The average Bonchev–Trinajstić information content (AvgIpc) is 3.00. The van der Waals surface area contributed by atoms with Gasteiger partial charge in [0.25, 0.3) is 5.91 Å². The van der Waals surface area contributed by atoms with Gasteiger partial charge < -0.3 is 15.3 Å². The third kappa shape index (κ3) is 3.09. The van der Waals surface area contributed by atoms with Gasteiger partial charge in [-0.05, 0) is 45.2 Å². The highest BCUT2D eigenvalue weighted by atomic mass is 35.5. The van der Waals surface area contributed by atoms with Gasteiger partial charge in [0.1, 0.15) is 11.3 Å². The van der Waals surface area contributed by atoms with Crippen LogP contribution in [0.1, 0.15) is 42.6 Å². The second-order valence-corrected chi connectivity index (χ2v) is 7.18. The van der Waals surface area contributed by atoms with Gasteiger partial charge in [0.2, 0.25) is 0 Å². The maximum atomic E-state index is 12.8. The zero-order valence-electron chi connectivity index (χ0n) is 14.6. The van der Waals surface area contributed by atoms with E-state index >= 15 is 0 Å². The van der Waals surface area contributed by atoms with Gasteiger partial charge in [-0.2, -0.15) is 5.10 Å². The summed E-state index contributed by atoms with van der Waals surface area (Å²) in [7, 11) is 3.96. The zero-order valence-corrected chi connectivity index (χ0v) is 15.4. The Bertz CT molecular complexity index is 791. The third-order valence-corrected chi connectivity index (χ3v) is 5.78. The fourth-order valence-electron chi connectivity index (χ4n) is 4.43. The van der Waals surface area contributed by atoms with Gasteiger partial charge in [-0.3, -0.25) is 9.48 Å². The summed E-state index contributed by atoms with van der Waals surface area (Å²) in [6.45, 7) is 0. The minimum Gasteiger partial charge on any atom is -0.506 e. The lowest BCUT2D eigenvalue weighted by Crippen LogP contribution is -2.38. The van der Waals surface area contributed by atoms with E-state index in [1.807, 2.05) is 6.07 Å². The minimum atomic E-state index is -0.142. The molecular weight excluding hydrogens is 340 g/mol. The van der Waals surface area contributed by atoms with E-state index in [2.05, 4.69) is 22.4 Å².